The SMILES string of the molecule is CCCC(NC)c1c(C)nn(C)c1C. The maximum Gasteiger partial charge on any atom is 0.0644 e. The molecule has 1 N–H and O–H groups in total. The number of hydrogen-bond donors (Lipinski definition) is 1. The van der Waals surface area contributed by atoms with E-state index in [1.807, 2.05) is 18.8 Å². The Balaban J connectivity index is 3.02. The van der Waals surface area contributed by atoms with Gasteiger partial charge in [0.2, 0.25) is 0 Å². The molecular formula is C11H21N3. The van der Waals surface area contributed by atoms with Gasteiger partial charge in [0.05, 0.1) is 5.69 Å². The molecule has 0 radical (unpaired) electrons. The molecule has 0 aliphatic carbocycles. The lowest BCUT2D eigenvalue weighted by Crippen LogP contribution is -2.17. The van der Waals surface area contributed by atoms with Gasteiger partial charge in [0.15, 0.2) is 0 Å². The minimum atomic E-state index is 0.452. The van der Waals surface area contributed by atoms with Gasteiger partial charge < -0.3 is 5.32 Å². The molecule has 0 bridgehead atoms. The van der Waals surface area contributed by atoms with E-state index >= 15 is 0 Å². The van der Waals surface area contributed by atoms with Crippen LogP contribution in [-0.4, -0.2) is 16.8 Å². The molecule has 1 unspecified atom stereocenters. The fourth-order valence-electron chi connectivity index (χ4n) is 2.02. The number of rotatable bonds is 4. The van der Waals surface area contributed by atoms with Gasteiger partial charge in [-0.05, 0) is 27.3 Å². The molecule has 0 aliphatic heterocycles. The molecule has 3 nitrogen and oxygen atoms in total. The summed E-state index contributed by atoms with van der Waals surface area (Å²) in [6, 6.07) is 0.452. The number of hydrogen-bond acceptors (Lipinski definition) is 2. The second-order valence-corrected chi connectivity index (χ2v) is 3.84. The summed E-state index contributed by atoms with van der Waals surface area (Å²) < 4.78 is 1.96. The second kappa shape index (κ2) is 4.60. The van der Waals surface area contributed by atoms with E-state index in [9.17, 15) is 0 Å². The van der Waals surface area contributed by atoms with Crippen LogP contribution in [0.25, 0.3) is 0 Å². The van der Waals surface area contributed by atoms with E-state index in [1.54, 1.807) is 0 Å². The highest BCUT2D eigenvalue weighted by molar-refractivity contribution is 5.28. The van der Waals surface area contributed by atoms with E-state index in [0.717, 1.165) is 5.69 Å². The molecule has 1 aromatic rings. The third-order valence-corrected chi connectivity index (χ3v) is 2.84. The van der Waals surface area contributed by atoms with Crippen LogP contribution in [0.4, 0.5) is 0 Å². The molecule has 0 saturated heterocycles. The molecule has 0 saturated carbocycles. The van der Waals surface area contributed by atoms with Gasteiger partial charge in [-0.1, -0.05) is 13.3 Å². The van der Waals surface area contributed by atoms with Crippen molar-refractivity contribution in [3.05, 3.63) is 17.0 Å². The van der Waals surface area contributed by atoms with Gasteiger partial charge in [0.25, 0.3) is 0 Å². The molecule has 1 aromatic heterocycles. The minimum absolute atomic E-state index is 0.452. The normalized spacial score (nSPS) is 13.2. The predicted octanol–water partition coefficient (Wildman–Crippen LogP) is 2.10. The summed E-state index contributed by atoms with van der Waals surface area (Å²) in [5, 5.41) is 7.80. The van der Waals surface area contributed by atoms with Gasteiger partial charge in [0.1, 0.15) is 0 Å². The van der Waals surface area contributed by atoms with Crippen LogP contribution in [0.3, 0.4) is 0 Å². The van der Waals surface area contributed by atoms with E-state index in [1.165, 1.54) is 24.1 Å². The van der Waals surface area contributed by atoms with Gasteiger partial charge in [-0.3, -0.25) is 4.68 Å². The van der Waals surface area contributed by atoms with Crippen molar-refractivity contribution in [2.24, 2.45) is 7.05 Å². The summed E-state index contributed by atoms with van der Waals surface area (Å²) in [6.45, 7) is 6.43. The van der Waals surface area contributed by atoms with Crippen LogP contribution in [0.2, 0.25) is 0 Å². The zero-order valence-corrected chi connectivity index (χ0v) is 9.89. The van der Waals surface area contributed by atoms with Crippen LogP contribution >= 0.6 is 0 Å². The highest BCUT2D eigenvalue weighted by Crippen LogP contribution is 2.24. The van der Waals surface area contributed by atoms with E-state index < -0.39 is 0 Å². The third-order valence-electron chi connectivity index (χ3n) is 2.84. The van der Waals surface area contributed by atoms with Crippen LogP contribution in [0, 0.1) is 13.8 Å². The van der Waals surface area contributed by atoms with Gasteiger partial charge in [0, 0.05) is 24.3 Å². The minimum Gasteiger partial charge on any atom is -0.313 e. The Morgan fingerprint density at radius 3 is 2.43 bits per heavy atom. The molecule has 0 aromatic carbocycles. The number of nitrogens with zero attached hydrogens (tertiary/aromatic N) is 2. The summed E-state index contributed by atoms with van der Waals surface area (Å²) in [4.78, 5) is 0. The second-order valence-electron chi connectivity index (χ2n) is 3.84. The van der Waals surface area contributed by atoms with E-state index in [0.29, 0.717) is 6.04 Å². The van der Waals surface area contributed by atoms with Gasteiger partial charge >= 0.3 is 0 Å². The zero-order chi connectivity index (χ0) is 10.7. The van der Waals surface area contributed by atoms with Crippen LogP contribution in [0.5, 0.6) is 0 Å². The Hall–Kier alpha value is -0.830. The summed E-state index contributed by atoms with van der Waals surface area (Å²) in [7, 11) is 4.02. The molecule has 80 valence electrons. The molecule has 1 heterocycles. The lowest BCUT2D eigenvalue weighted by molar-refractivity contribution is 0.536. The first-order valence-electron chi connectivity index (χ1n) is 5.29. The maximum absolute atomic E-state index is 4.44. The average molecular weight is 195 g/mol. The first-order chi connectivity index (χ1) is 6.61. The summed E-state index contributed by atoms with van der Waals surface area (Å²) in [5.74, 6) is 0. The molecule has 1 atom stereocenters. The van der Waals surface area contributed by atoms with E-state index in [4.69, 9.17) is 0 Å². The Morgan fingerprint density at radius 2 is 2.07 bits per heavy atom. The van der Waals surface area contributed by atoms with Crippen LogP contribution in [0.1, 0.15) is 42.8 Å². The predicted molar refractivity (Wildman–Crippen MR) is 59.4 cm³/mol. The Labute approximate surface area is 86.5 Å². The number of nitrogens with one attached hydrogen (secondary N) is 1. The largest absolute Gasteiger partial charge is 0.313 e. The van der Waals surface area contributed by atoms with Crippen molar-refractivity contribution in [2.75, 3.05) is 7.05 Å². The smallest absolute Gasteiger partial charge is 0.0644 e. The first kappa shape index (κ1) is 11.2. The molecule has 0 aliphatic rings. The topological polar surface area (TPSA) is 29.9 Å². The Morgan fingerprint density at radius 1 is 1.43 bits per heavy atom. The van der Waals surface area contributed by atoms with Crippen molar-refractivity contribution in [2.45, 2.75) is 39.7 Å². The molecule has 1 rings (SSSR count). The Kier molecular flexibility index (Phi) is 3.69. The quantitative estimate of drug-likeness (QED) is 0.797. The van der Waals surface area contributed by atoms with Crippen LogP contribution in [-0.2, 0) is 7.05 Å². The summed E-state index contributed by atoms with van der Waals surface area (Å²) in [6.07, 6.45) is 2.36. The van der Waals surface area contributed by atoms with E-state index in [-0.39, 0.29) is 0 Å². The standard InChI is InChI=1S/C11H21N3/c1-6-7-10(12-4)11-8(2)13-14(5)9(11)3/h10,12H,6-7H2,1-5H3. The zero-order valence-electron chi connectivity index (χ0n) is 9.89. The summed E-state index contributed by atoms with van der Waals surface area (Å²) in [5.41, 5.74) is 3.80. The van der Waals surface area contributed by atoms with Crippen molar-refractivity contribution < 1.29 is 0 Å². The fraction of sp³-hybridized carbons (Fsp3) is 0.727. The third kappa shape index (κ3) is 1.98. The van der Waals surface area contributed by atoms with Crippen molar-refractivity contribution in [1.29, 1.82) is 0 Å². The summed E-state index contributed by atoms with van der Waals surface area (Å²) >= 11 is 0. The molecule has 14 heavy (non-hydrogen) atoms. The number of aryl methyl sites for hydroxylation is 2. The molecular weight excluding hydrogens is 174 g/mol. The first-order valence-corrected chi connectivity index (χ1v) is 5.29. The molecule has 3 heteroatoms. The molecule has 0 amide bonds. The van der Waals surface area contributed by atoms with Gasteiger partial charge in [-0.15, -0.1) is 0 Å². The average Bonchev–Trinajstić information content (AvgIpc) is 2.39. The van der Waals surface area contributed by atoms with Crippen molar-refractivity contribution in [3.63, 3.8) is 0 Å². The van der Waals surface area contributed by atoms with Gasteiger partial charge in [-0.25, -0.2) is 0 Å². The van der Waals surface area contributed by atoms with Crippen LogP contribution in [0.15, 0.2) is 0 Å². The Bertz CT molecular complexity index is 302. The van der Waals surface area contributed by atoms with Crippen molar-refractivity contribution in [1.82, 2.24) is 15.1 Å². The highest BCUT2D eigenvalue weighted by atomic mass is 15.3. The van der Waals surface area contributed by atoms with Gasteiger partial charge in [-0.2, -0.15) is 5.10 Å². The monoisotopic (exact) mass is 195 g/mol. The van der Waals surface area contributed by atoms with Crippen molar-refractivity contribution >= 4 is 0 Å². The number of aromatic nitrogens is 2. The molecule has 0 spiro atoms. The van der Waals surface area contributed by atoms with Crippen LogP contribution < -0.4 is 5.32 Å². The fourth-order valence-corrected chi connectivity index (χ4v) is 2.02. The van der Waals surface area contributed by atoms with Crippen molar-refractivity contribution in [3.8, 4) is 0 Å². The maximum atomic E-state index is 4.44. The lowest BCUT2D eigenvalue weighted by Gasteiger charge is -2.15. The highest BCUT2D eigenvalue weighted by Gasteiger charge is 2.17. The van der Waals surface area contributed by atoms with E-state index in [2.05, 4.69) is 31.2 Å². The molecule has 0 fully saturated rings. The lowest BCUT2D eigenvalue weighted by atomic mass is 10.0.